The van der Waals surface area contributed by atoms with Gasteiger partial charge >= 0.3 is 5.97 Å². The van der Waals surface area contributed by atoms with Crippen LogP contribution in [0, 0.1) is 0 Å². The molecule has 0 fully saturated rings. The topological polar surface area (TPSA) is 77.5 Å². The fraction of sp³-hybridized carbons (Fsp3) is 0.188. The highest BCUT2D eigenvalue weighted by atomic mass is 35.5. The van der Waals surface area contributed by atoms with Crippen molar-refractivity contribution < 1.29 is 19.1 Å². The molecular formula is C16H15ClN2O4. The van der Waals surface area contributed by atoms with Gasteiger partial charge in [-0.15, -0.1) is 0 Å². The molecule has 120 valence electrons. The third kappa shape index (κ3) is 4.43. The number of carbonyl (C=O) groups excluding carboxylic acids is 2. The average molecular weight is 335 g/mol. The number of ether oxygens (including phenoxy) is 2. The Bertz CT molecular complexity index is 706. The zero-order valence-corrected chi connectivity index (χ0v) is 13.3. The lowest BCUT2D eigenvalue weighted by Crippen LogP contribution is -2.30. The number of pyridine rings is 1. The second-order valence-electron chi connectivity index (χ2n) is 4.62. The first kappa shape index (κ1) is 16.8. The molecular weight excluding hydrogens is 320 g/mol. The number of anilines is 1. The van der Waals surface area contributed by atoms with Gasteiger partial charge in [-0.05, 0) is 37.3 Å². The number of esters is 1. The lowest BCUT2D eigenvalue weighted by atomic mass is 10.2. The van der Waals surface area contributed by atoms with Gasteiger partial charge in [0, 0.05) is 17.4 Å². The maximum Gasteiger partial charge on any atom is 0.339 e. The van der Waals surface area contributed by atoms with E-state index in [-0.39, 0.29) is 0 Å². The van der Waals surface area contributed by atoms with Crippen molar-refractivity contribution in [1.29, 1.82) is 0 Å². The van der Waals surface area contributed by atoms with Crippen molar-refractivity contribution in [3.63, 3.8) is 0 Å². The number of carbonyl (C=O) groups is 2. The Labute approximate surface area is 138 Å². The average Bonchev–Trinajstić information content (AvgIpc) is 2.55. The molecule has 0 aliphatic rings. The van der Waals surface area contributed by atoms with Gasteiger partial charge in [0.15, 0.2) is 6.10 Å². The third-order valence-corrected chi connectivity index (χ3v) is 3.22. The van der Waals surface area contributed by atoms with E-state index in [0.29, 0.717) is 22.0 Å². The Morgan fingerprint density at radius 3 is 2.57 bits per heavy atom. The number of benzene rings is 1. The van der Waals surface area contributed by atoms with Crippen LogP contribution < -0.4 is 10.1 Å². The first-order valence-electron chi connectivity index (χ1n) is 6.76. The molecule has 2 rings (SSSR count). The Morgan fingerprint density at radius 1 is 1.22 bits per heavy atom. The fourth-order valence-electron chi connectivity index (χ4n) is 1.78. The Hall–Kier alpha value is -2.60. The van der Waals surface area contributed by atoms with Crippen LogP contribution in [0.3, 0.4) is 0 Å². The molecule has 1 aromatic carbocycles. The predicted molar refractivity (Wildman–Crippen MR) is 85.7 cm³/mol. The second-order valence-corrected chi connectivity index (χ2v) is 5.05. The van der Waals surface area contributed by atoms with Gasteiger partial charge in [-0.3, -0.25) is 9.78 Å². The van der Waals surface area contributed by atoms with Crippen LogP contribution in [0.2, 0.25) is 5.02 Å². The van der Waals surface area contributed by atoms with Crippen molar-refractivity contribution in [1.82, 2.24) is 4.98 Å². The molecule has 1 amide bonds. The highest BCUT2D eigenvalue weighted by Gasteiger charge is 2.20. The molecule has 1 aromatic heterocycles. The van der Waals surface area contributed by atoms with Crippen LogP contribution in [-0.4, -0.2) is 30.1 Å². The van der Waals surface area contributed by atoms with E-state index in [2.05, 4.69) is 10.3 Å². The number of nitrogens with zero attached hydrogens (tertiary/aromatic N) is 1. The van der Waals surface area contributed by atoms with Gasteiger partial charge in [-0.25, -0.2) is 4.79 Å². The summed E-state index contributed by atoms with van der Waals surface area (Å²) in [5, 5.41) is 3.07. The van der Waals surface area contributed by atoms with Crippen LogP contribution in [-0.2, 0) is 9.53 Å². The van der Waals surface area contributed by atoms with E-state index in [9.17, 15) is 9.59 Å². The summed E-state index contributed by atoms with van der Waals surface area (Å²) in [6.45, 7) is 1.48. The lowest BCUT2D eigenvalue weighted by Gasteiger charge is -2.15. The van der Waals surface area contributed by atoms with Crippen molar-refractivity contribution in [2.45, 2.75) is 13.0 Å². The number of hydrogen-bond donors (Lipinski definition) is 1. The van der Waals surface area contributed by atoms with Gasteiger partial charge in [0.05, 0.1) is 18.4 Å². The van der Waals surface area contributed by atoms with Crippen LogP contribution >= 0.6 is 11.6 Å². The highest BCUT2D eigenvalue weighted by Crippen LogP contribution is 2.27. The molecule has 0 unspecified atom stereocenters. The summed E-state index contributed by atoms with van der Waals surface area (Å²) < 4.78 is 10.3. The first-order chi connectivity index (χ1) is 11.0. The first-order valence-corrected chi connectivity index (χ1v) is 7.14. The standard InChI is InChI=1S/C16H15ClN2O4/c1-10(23-16(21)11-5-7-18-8-6-11)15(20)19-13-9-12(17)3-4-14(13)22-2/h3-10H,1-2H3,(H,19,20)/t10-/m1/s1. The van der Waals surface area contributed by atoms with Crippen LogP contribution in [0.1, 0.15) is 17.3 Å². The summed E-state index contributed by atoms with van der Waals surface area (Å²) in [5.74, 6) is -0.642. The van der Waals surface area contributed by atoms with Gasteiger partial charge in [0.1, 0.15) is 5.75 Å². The van der Waals surface area contributed by atoms with Crippen molar-refractivity contribution in [3.05, 3.63) is 53.3 Å². The molecule has 1 atom stereocenters. The minimum atomic E-state index is -0.987. The van der Waals surface area contributed by atoms with E-state index in [4.69, 9.17) is 21.1 Å². The van der Waals surface area contributed by atoms with Gasteiger partial charge in [-0.2, -0.15) is 0 Å². The van der Waals surface area contributed by atoms with Gasteiger partial charge < -0.3 is 14.8 Å². The number of rotatable bonds is 5. The number of halogens is 1. The monoisotopic (exact) mass is 334 g/mol. The molecule has 0 saturated heterocycles. The lowest BCUT2D eigenvalue weighted by molar-refractivity contribution is -0.123. The molecule has 0 radical (unpaired) electrons. The molecule has 23 heavy (non-hydrogen) atoms. The van der Waals surface area contributed by atoms with E-state index in [0.717, 1.165) is 0 Å². The Balaban J connectivity index is 2.03. The molecule has 0 bridgehead atoms. The normalized spacial score (nSPS) is 11.4. The minimum Gasteiger partial charge on any atom is -0.495 e. The summed E-state index contributed by atoms with van der Waals surface area (Å²) in [6.07, 6.45) is 1.95. The maximum absolute atomic E-state index is 12.2. The summed E-state index contributed by atoms with van der Waals surface area (Å²) in [4.78, 5) is 27.9. The van der Waals surface area contributed by atoms with Crippen molar-refractivity contribution in [2.75, 3.05) is 12.4 Å². The van der Waals surface area contributed by atoms with Crippen molar-refractivity contribution in [2.24, 2.45) is 0 Å². The van der Waals surface area contributed by atoms with Gasteiger partial charge in [0.2, 0.25) is 0 Å². The van der Waals surface area contributed by atoms with E-state index >= 15 is 0 Å². The summed E-state index contributed by atoms with van der Waals surface area (Å²) in [5.41, 5.74) is 0.719. The summed E-state index contributed by atoms with van der Waals surface area (Å²) in [6, 6.07) is 7.84. The SMILES string of the molecule is COc1ccc(Cl)cc1NC(=O)[C@@H](C)OC(=O)c1ccncc1. The number of methoxy groups -OCH3 is 1. The minimum absolute atomic E-state index is 0.319. The summed E-state index contributed by atoms with van der Waals surface area (Å²) in [7, 11) is 1.48. The Morgan fingerprint density at radius 2 is 1.91 bits per heavy atom. The van der Waals surface area contributed by atoms with E-state index in [1.165, 1.54) is 38.6 Å². The Kier molecular flexibility index (Phi) is 5.54. The molecule has 1 heterocycles. The molecule has 0 saturated carbocycles. The van der Waals surface area contributed by atoms with Gasteiger partial charge in [-0.1, -0.05) is 11.6 Å². The molecule has 0 aliphatic heterocycles. The highest BCUT2D eigenvalue weighted by molar-refractivity contribution is 6.31. The van der Waals surface area contributed by atoms with E-state index in [1.54, 1.807) is 18.2 Å². The smallest absolute Gasteiger partial charge is 0.339 e. The van der Waals surface area contributed by atoms with Crippen LogP contribution in [0.4, 0.5) is 5.69 Å². The maximum atomic E-state index is 12.2. The van der Waals surface area contributed by atoms with Crippen LogP contribution in [0.25, 0.3) is 0 Å². The number of amides is 1. The third-order valence-electron chi connectivity index (χ3n) is 2.99. The number of hydrogen-bond acceptors (Lipinski definition) is 5. The molecule has 1 N–H and O–H groups in total. The zero-order valence-electron chi connectivity index (χ0n) is 12.6. The fourth-order valence-corrected chi connectivity index (χ4v) is 1.95. The molecule has 0 spiro atoms. The molecule has 6 nitrogen and oxygen atoms in total. The largest absolute Gasteiger partial charge is 0.495 e. The quantitative estimate of drug-likeness (QED) is 0.851. The summed E-state index contributed by atoms with van der Waals surface area (Å²) >= 11 is 5.90. The van der Waals surface area contributed by atoms with Crippen LogP contribution in [0.15, 0.2) is 42.7 Å². The van der Waals surface area contributed by atoms with Gasteiger partial charge in [0.25, 0.3) is 5.91 Å². The molecule has 2 aromatic rings. The number of nitrogens with one attached hydrogen (secondary N) is 1. The van der Waals surface area contributed by atoms with E-state index in [1.807, 2.05) is 0 Å². The number of aromatic nitrogens is 1. The van der Waals surface area contributed by atoms with Crippen LogP contribution in [0.5, 0.6) is 5.75 Å². The molecule has 7 heteroatoms. The van der Waals surface area contributed by atoms with Crippen molar-refractivity contribution >= 4 is 29.2 Å². The second kappa shape index (κ2) is 7.60. The van der Waals surface area contributed by atoms with Crippen molar-refractivity contribution in [3.8, 4) is 5.75 Å². The van der Waals surface area contributed by atoms with E-state index < -0.39 is 18.0 Å². The zero-order chi connectivity index (χ0) is 16.8. The molecule has 0 aliphatic carbocycles. The predicted octanol–water partition coefficient (Wildman–Crippen LogP) is 2.93.